The fourth-order valence-corrected chi connectivity index (χ4v) is 4.60. The third-order valence-corrected chi connectivity index (χ3v) is 7.10. The Morgan fingerprint density at radius 1 is 0.759 bits per heavy atom. The summed E-state index contributed by atoms with van der Waals surface area (Å²) in [5.41, 5.74) is 0. The van der Waals surface area contributed by atoms with Gasteiger partial charge in [0.05, 0.1) is 0 Å². The normalized spacial score (nSPS) is 12.2. The van der Waals surface area contributed by atoms with E-state index in [0.717, 1.165) is 19.9 Å². The summed E-state index contributed by atoms with van der Waals surface area (Å²) in [5, 5.41) is 5.37. The number of rotatable bonds is 4. The Bertz CT molecular complexity index is 996. The van der Waals surface area contributed by atoms with Crippen molar-refractivity contribution in [1.82, 2.24) is 19.9 Å². The number of aromatic nitrogens is 4. The second-order valence-corrected chi connectivity index (χ2v) is 10.1. The maximum absolute atomic E-state index is 4.32. The van der Waals surface area contributed by atoms with Crippen LogP contribution in [0.4, 0.5) is 10.3 Å². The molecule has 157 valence electrons. The van der Waals surface area contributed by atoms with Crippen LogP contribution in [-0.2, 0) is 17.1 Å². The topological polar surface area (TPSA) is 78.7 Å². The summed E-state index contributed by atoms with van der Waals surface area (Å²) >= 11 is 6.30. The molecule has 0 unspecified atom stereocenters. The van der Waals surface area contributed by atoms with Crippen LogP contribution in [0.1, 0.15) is 49.3 Å². The zero-order valence-electron chi connectivity index (χ0n) is 16.2. The van der Waals surface area contributed by atoms with E-state index in [1.807, 2.05) is 23.2 Å². The predicted octanol–water partition coefficient (Wildman–Crippen LogP) is 5.03. The smallest absolute Gasteiger partial charge is 0.433 e. The Balaban J connectivity index is 0.000000200. The van der Waals surface area contributed by atoms with Crippen LogP contribution in [0.15, 0.2) is 45.5 Å². The summed E-state index contributed by atoms with van der Waals surface area (Å²) in [6.07, 6.45) is 7.28. The first-order valence-electron chi connectivity index (χ1n) is 8.65. The maximum atomic E-state index is 4.32. The summed E-state index contributed by atoms with van der Waals surface area (Å²) in [7, 11) is 0. The van der Waals surface area contributed by atoms with E-state index in [-0.39, 0.29) is 17.1 Å². The van der Waals surface area contributed by atoms with Crippen molar-refractivity contribution in [2.45, 2.75) is 39.5 Å². The largest absolute Gasteiger partial charge is 2.00 e. The Hall–Kier alpha value is -1.36. The van der Waals surface area contributed by atoms with Crippen molar-refractivity contribution >= 4 is 55.6 Å². The van der Waals surface area contributed by atoms with Crippen LogP contribution in [0.25, 0.3) is 0 Å². The standard InChI is InChI=1S/2C9H10N3S2.Cu/c2*1-6(2)7-5-11-9(14-7)12-8-10-3-4-13-8;/h2*3-6H,1-2H3;/q2*-1;+2. The van der Waals surface area contributed by atoms with E-state index in [1.54, 1.807) is 35.1 Å². The number of thiazole rings is 4. The van der Waals surface area contributed by atoms with Gasteiger partial charge in [-0.05, 0) is 11.8 Å². The first-order chi connectivity index (χ1) is 13.5. The molecule has 0 aliphatic heterocycles. The third-order valence-electron chi connectivity index (χ3n) is 3.38. The van der Waals surface area contributed by atoms with Crippen molar-refractivity contribution in [3.05, 3.63) is 54.9 Å². The van der Waals surface area contributed by atoms with Gasteiger partial charge in [-0.15, -0.1) is 45.3 Å². The van der Waals surface area contributed by atoms with E-state index in [4.69, 9.17) is 0 Å². The van der Waals surface area contributed by atoms with Crippen LogP contribution in [0.2, 0.25) is 0 Å². The summed E-state index contributed by atoms with van der Waals surface area (Å²) in [4.78, 5) is 29.4. The number of hydrogen-bond acceptors (Lipinski definition) is 8. The molecule has 0 aliphatic rings. The molecule has 0 aliphatic carbocycles. The zero-order chi connectivity index (χ0) is 19.9. The average Bonchev–Trinajstić information content (AvgIpc) is 3.45. The van der Waals surface area contributed by atoms with Crippen molar-refractivity contribution in [2.24, 2.45) is 9.98 Å². The van der Waals surface area contributed by atoms with Gasteiger partial charge >= 0.3 is 17.1 Å². The molecule has 29 heavy (non-hydrogen) atoms. The fraction of sp³-hybridized carbons (Fsp3) is 0.333. The molecule has 0 saturated carbocycles. The minimum atomic E-state index is 0. The van der Waals surface area contributed by atoms with E-state index in [1.165, 1.54) is 32.4 Å². The van der Waals surface area contributed by atoms with Gasteiger partial charge < -0.3 is 20.0 Å². The molecular weight excluding hydrogens is 492 g/mol. The third kappa shape index (κ3) is 7.44. The van der Waals surface area contributed by atoms with Gasteiger partial charge in [0, 0.05) is 42.5 Å². The monoisotopic (exact) mass is 511 g/mol. The summed E-state index contributed by atoms with van der Waals surface area (Å²) in [6, 6.07) is 0. The van der Waals surface area contributed by atoms with Gasteiger partial charge in [0.2, 0.25) is 0 Å². The molecular formula is C18H20CuN6S4. The van der Waals surface area contributed by atoms with Crippen LogP contribution in [-0.4, -0.2) is 9.97 Å². The molecule has 0 fully saturated rings. The van der Waals surface area contributed by atoms with Crippen molar-refractivity contribution in [3.8, 4) is 0 Å². The van der Waals surface area contributed by atoms with Crippen LogP contribution in [0, 0.1) is 0 Å². The minimum Gasteiger partial charge on any atom is -0.433 e. The number of hydrogen-bond donors (Lipinski definition) is 0. The van der Waals surface area contributed by atoms with Gasteiger partial charge in [-0.1, -0.05) is 40.1 Å². The Morgan fingerprint density at radius 3 is 1.45 bits per heavy atom. The summed E-state index contributed by atoms with van der Waals surface area (Å²) < 4.78 is 0. The predicted molar refractivity (Wildman–Crippen MR) is 118 cm³/mol. The quantitative estimate of drug-likeness (QED) is 0.360. The molecule has 4 heterocycles. The van der Waals surface area contributed by atoms with E-state index in [2.05, 4.69) is 57.6 Å². The van der Waals surface area contributed by atoms with E-state index in [0.29, 0.717) is 11.8 Å². The van der Waals surface area contributed by atoms with Gasteiger partial charge in [-0.2, -0.15) is 0 Å². The van der Waals surface area contributed by atoms with E-state index in [9.17, 15) is 0 Å². The van der Waals surface area contributed by atoms with Crippen LogP contribution >= 0.6 is 45.3 Å². The van der Waals surface area contributed by atoms with Gasteiger partial charge in [-0.25, -0.2) is 9.97 Å². The second kappa shape index (κ2) is 11.7. The van der Waals surface area contributed by atoms with E-state index < -0.39 is 0 Å². The Kier molecular flexibility index (Phi) is 9.67. The van der Waals surface area contributed by atoms with Crippen LogP contribution < -0.4 is 19.6 Å². The van der Waals surface area contributed by atoms with Crippen molar-refractivity contribution in [1.29, 1.82) is 0 Å². The molecule has 0 spiro atoms. The minimum absolute atomic E-state index is 0. The molecule has 4 aromatic heterocycles. The summed E-state index contributed by atoms with van der Waals surface area (Å²) in [5.74, 6) is 1.04. The first-order valence-corrected chi connectivity index (χ1v) is 12.0. The van der Waals surface area contributed by atoms with Crippen molar-refractivity contribution in [3.63, 3.8) is 0 Å². The summed E-state index contributed by atoms with van der Waals surface area (Å²) in [6.45, 7) is 8.61. The van der Waals surface area contributed by atoms with Crippen molar-refractivity contribution in [2.75, 3.05) is 0 Å². The molecule has 0 amide bonds. The Morgan fingerprint density at radius 2 is 1.17 bits per heavy atom. The molecule has 4 rings (SSSR count). The van der Waals surface area contributed by atoms with E-state index >= 15 is 0 Å². The van der Waals surface area contributed by atoms with Gasteiger partial charge in [0.25, 0.3) is 0 Å². The second-order valence-electron chi connectivity index (χ2n) is 6.25. The molecule has 11 heteroatoms. The molecule has 0 aromatic carbocycles. The Labute approximate surface area is 196 Å². The zero-order valence-corrected chi connectivity index (χ0v) is 20.4. The van der Waals surface area contributed by atoms with Gasteiger partial charge in [0.1, 0.15) is 10.3 Å². The van der Waals surface area contributed by atoms with Gasteiger partial charge in [-0.3, -0.25) is 0 Å². The van der Waals surface area contributed by atoms with Crippen molar-refractivity contribution < 1.29 is 17.1 Å². The van der Waals surface area contributed by atoms with Gasteiger partial charge in [0.15, 0.2) is 0 Å². The molecule has 6 nitrogen and oxygen atoms in total. The maximum Gasteiger partial charge on any atom is 2.00 e. The molecule has 0 N–H and O–H groups in total. The molecule has 0 saturated heterocycles. The SMILES string of the molecule is CC(C)c1c[n-]/c(=N\c2nccs2)s1.CC(C)c1c[n-]/c(=N\c2nccs2)s1.[Cu+2]. The van der Waals surface area contributed by atoms with Crippen LogP contribution in [0.5, 0.6) is 0 Å². The molecule has 0 atom stereocenters. The molecule has 1 radical (unpaired) electrons. The first kappa shape index (κ1) is 23.9. The average molecular weight is 512 g/mol. The molecule has 4 aromatic rings. The molecule has 0 bridgehead atoms. The number of nitrogens with zero attached hydrogens (tertiary/aromatic N) is 6. The fourth-order valence-electron chi connectivity index (χ4n) is 1.90. The van der Waals surface area contributed by atoms with Crippen LogP contribution in [0.3, 0.4) is 0 Å².